The van der Waals surface area contributed by atoms with Crippen LogP contribution in [0, 0.1) is 0 Å². The molecule has 0 aliphatic heterocycles. The van der Waals surface area contributed by atoms with Crippen LogP contribution in [0.25, 0.3) is 24.3 Å². The molecule has 0 radical (unpaired) electrons. The monoisotopic (exact) mass is 362 g/mol. The van der Waals surface area contributed by atoms with Gasteiger partial charge in [0.05, 0.1) is 0 Å². The third-order valence-electron chi connectivity index (χ3n) is 4.44. The van der Waals surface area contributed by atoms with Gasteiger partial charge >= 0.3 is 0 Å². The third kappa shape index (κ3) is 6.10. The van der Waals surface area contributed by atoms with Crippen LogP contribution in [-0.4, -0.2) is 0 Å². The van der Waals surface area contributed by atoms with Crippen LogP contribution in [0.2, 0.25) is 0 Å². The molecule has 0 aliphatic carbocycles. The van der Waals surface area contributed by atoms with Crippen LogP contribution < -0.4 is 0 Å². The van der Waals surface area contributed by atoms with Gasteiger partial charge in [0.2, 0.25) is 0 Å². The van der Waals surface area contributed by atoms with Crippen molar-refractivity contribution in [2.75, 3.05) is 0 Å². The van der Waals surface area contributed by atoms with Crippen molar-refractivity contribution in [3.63, 3.8) is 0 Å². The van der Waals surface area contributed by atoms with E-state index < -0.39 is 0 Å². The van der Waals surface area contributed by atoms with Crippen molar-refractivity contribution < 1.29 is 0 Å². The molecule has 0 bridgehead atoms. The Morgan fingerprint density at radius 2 is 0.857 bits per heavy atom. The van der Waals surface area contributed by atoms with Crippen molar-refractivity contribution >= 4 is 24.3 Å². The maximum Gasteiger partial charge on any atom is -0.0184 e. The fourth-order valence-electron chi connectivity index (χ4n) is 2.98. The minimum absolute atomic E-state index is 1.21. The zero-order chi connectivity index (χ0) is 19.6. The first kappa shape index (κ1) is 19.4. The zero-order valence-electron chi connectivity index (χ0n) is 16.5. The van der Waals surface area contributed by atoms with Gasteiger partial charge in [-0.1, -0.05) is 133 Å². The second-order valence-electron chi connectivity index (χ2n) is 6.89. The maximum absolute atomic E-state index is 2.20. The first-order valence-corrected chi connectivity index (χ1v) is 9.62. The summed E-state index contributed by atoms with van der Waals surface area (Å²) in [6.07, 6.45) is 13.1. The molecule has 3 aromatic carbocycles. The summed E-state index contributed by atoms with van der Waals surface area (Å²) in [6, 6.07) is 29.3. The topological polar surface area (TPSA) is 0 Å². The van der Waals surface area contributed by atoms with Gasteiger partial charge in [-0.05, 0) is 36.1 Å². The van der Waals surface area contributed by atoms with E-state index in [1.807, 2.05) is 12.1 Å². The normalized spacial score (nSPS) is 12.8. The molecule has 0 atom stereocenters. The molecule has 0 unspecified atom stereocenters. The first-order valence-electron chi connectivity index (χ1n) is 9.62. The standard InChI is InChI=1S/C28H26/c1-23(21-25-11-5-3-6-12-25)17-19-27-15-9-10-16-28(27)20-18-24(2)22-26-13-7-4-8-14-26/h3-22H,1-2H3/b19-17?,20-18?,23-21+,24-22+. The van der Waals surface area contributed by atoms with Gasteiger partial charge in [-0.25, -0.2) is 0 Å². The molecule has 0 heteroatoms. The lowest BCUT2D eigenvalue weighted by Crippen LogP contribution is -1.81. The maximum atomic E-state index is 2.20. The molecule has 0 amide bonds. The molecule has 138 valence electrons. The zero-order valence-corrected chi connectivity index (χ0v) is 16.5. The van der Waals surface area contributed by atoms with Gasteiger partial charge in [0.15, 0.2) is 0 Å². The minimum atomic E-state index is 1.21. The van der Waals surface area contributed by atoms with E-state index in [1.54, 1.807) is 0 Å². The smallest absolute Gasteiger partial charge is 0.0184 e. The summed E-state index contributed by atoms with van der Waals surface area (Å²) in [4.78, 5) is 0. The molecule has 28 heavy (non-hydrogen) atoms. The van der Waals surface area contributed by atoms with E-state index in [4.69, 9.17) is 0 Å². The van der Waals surface area contributed by atoms with Crippen molar-refractivity contribution in [2.45, 2.75) is 13.8 Å². The highest BCUT2D eigenvalue weighted by Gasteiger charge is 1.95. The summed E-state index contributed by atoms with van der Waals surface area (Å²) in [7, 11) is 0. The van der Waals surface area contributed by atoms with E-state index in [0.29, 0.717) is 0 Å². The van der Waals surface area contributed by atoms with Crippen LogP contribution in [0.4, 0.5) is 0 Å². The molecule has 0 N–H and O–H groups in total. The number of hydrogen-bond acceptors (Lipinski definition) is 0. The van der Waals surface area contributed by atoms with E-state index in [-0.39, 0.29) is 0 Å². The largest absolute Gasteiger partial charge is 0.0622 e. The van der Waals surface area contributed by atoms with Gasteiger partial charge < -0.3 is 0 Å². The van der Waals surface area contributed by atoms with E-state index in [1.165, 1.54) is 33.4 Å². The molecule has 0 heterocycles. The van der Waals surface area contributed by atoms with Crippen LogP contribution >= 0.6 is 0 Å². The van der Waals surface area contributed by atoms with Gasteiger partial charge in [0.1, 0.15) is 0 Å². The lowest BCUT2D eigenvalue weighted by atomic mass is 10.0. The molecule has 3 aromatic rings. The van der Waals surface area contributed by atoms with E-state index >= 15 is 0 Å². The summed E-state index contributed by atoms with van der Waals surface area (Å²) in [5.41, 5.74) is 7.33. The lowest BCUT2D eigenvalue weighted by molar-refractivity contribution is 1.53. The number of allylic oxidation sites excluding steroid dienone is 4. The quantitative estimate of drug-likeness (QED) is 0.391. The van der Waals surface area contributed by atoms with Crippen molar-refractivity contribution in [1.29, 1.82) is 0 Å². The average molecular weight is 363 g/mol. The van der Waals surface area contributed by atoms with Gasteiger partial charge in [0, 0.05) is 0 Å². The van der Waals surface area contributed by atoms with Crippen LogP contribution in [0.15, 0.2) is 108 Å². The van der Waals surface area contributed by atoms with Crippen LogP contribution in [0.5, 0.6) is 0 Å². The SMILES string of the molecule is C/C(C=Cc1ccccc1C=C/C(C)=C/c1ccccc1)=C\c1ccccc1. The van der Waals surface area contributed by atoms with Gasteiger partial charge in [0.25, 0.3) is 0 Å². The van der Waals surface area contributed by atoms with Gasteiger partial charge in [-0.15, -0.1) is 0 Å². The molecular formula is C28H26. The van der Waals surface area contributed by atoms with Crippen molar-refractivity contribution in [3.8, 4) is 0 Å². The molecule has 0 saturated heterocycles. The molecule has 3 rings (SSSR count). The molecule has 0 nitrogen and oxygen atoms in total. The Hall–Kier alpha value is -3.38. The van der Waals surface area contributed by atoms with Gasteiger partial charge in [-0.2, -0.15) is 0 Å². The molecule has 0 saturated carbocycles. The summed E-state index contributed by atoms with van der Waals surface area (Å²) >= 11 is 0. The second-order valence-corrected chi connectivity index (χ2v) is 6.89. The minimum Gasteiger partial charge on any atom is -0.0622 e. The van der Waals surface area contributed by atoms with Crippen LogP contribution in [-0.2, 0) is 0 Å². The van der Waals surface area contributed by atoms with Gasteiger partial charge in [-0.3, -0.25) is 0 Å². The molecule has 0 aromatic heterocycles. The summed E-state index contributed by atoms with van der Waals surface area (Å²) in [6.45, 7) is 4.27. The predicted octanol–water partition coefficient (Wildman–Crippen LogP) is 7.92. The second kappa shape index (κ2) is 10.1. The molecule has 0 spiro atoms. The van der Waals surface area contributed by atoms with Crippen molar-refractivity contribution in [3.05, 3.63) is 130 Å². The summed E-state index contributed by atoms with van der Waals surface area (Å²) < 4.78 is 0. The average Bonchev–Trinajstić information content (AvgIpc) is 2.73. The molecule has 0 fully saturated rings. The van der Waals surface area contributed by atoms with E-state index in [0.717, 1.165) is 0 Å². The predicted molar refractivity (Wildman–Crippen MR) is 125 cm³/mol. The number of benzene rings is 3. The van der Waals surface area contributed by atoms with Crippen LogP contribution in [0.1, 0.15) is 36.1 Å². The highest BCUT2D eigenvalue weighted by molar-refractivity contribution is 5.70. The third-order valence-corrected chi connectivity index (χ3v) is 4.44. The highest BCUT2D eigenvalue weighted by atomic mass is 14.0. The Labute approximate surface area is 168 Å². The number of rotatable bonds is 6. The highest BCUT2D eigenvalue weighted by Crippen LogP contribution is 2.17. The Morgan fingerprint density at radius 1 is 0.500 bits per heavy atom. The Kier molecular flexibility index (Phi) is 6.98. The van der Waals surface area contributed by atoms with Crippen LogP contribution in [0.3, 0.4) is 0 Å². The van der Waals surface area contributed by atoms with E-state index in [2.05, 4.69) is 123 Å². The Balaban J connectivity index is 1.76. The fourth-order valence-corrected chi connectivity index (χ4v) is 2.98. The first-order chi connectivity index (χ1) is 13.7. The van der Waals surface area contributed by atoms with E-state index in [9.17, 15) is 0 Å². The van der Waals surface area contributed by atoms with Crippen molar-refractivity contribution in [2.24, 2.45) is 0 Å². The number of hydrogen-bond donors (Lipinski definition) is 0. The molecule has 0 aliphatic rings. The fraction of sp³-hybridized carbons (Fsp3) is 0.0714. The summed E-state index contributed by atoms with van der Waals surface area (Å²) in [5, 5.41) is 0. The summed E-state index contributed by atoms with van der Waals surface area (Å²) in [5.74, 6) is 0. The van der Waals surface area contributed by atoms with Crippen molar-refractivity contribution in [1.82, 2.24) is 0 Å². The lowest BCUT2D eigenvalue weighted by Gasteiger charge is -2.02. The Morgan fingerprint density at radius 3 is 1.25 bits per heavy atom. The Bertz CT molecular complexity index is 916. The molecular weight excluding hydrogens is 336 g/mol.